The summed E-state index contributed by atoms with van der Waals surface area (Å²) in [5.41, 5.74) is 2.06. The Morgan fingerprint density at radius 3 is 2.50 bits per heavy atom. The number of halogens is 2. The number of hydrogen-bond donors (Lipinski definition) is 2. The van der Waals surface area contributed by atoms with Crippen LogP contribution in [0.2, 0.25) is 0 Å². The summed E-state index contributed by atoms with van der Waals surface area (Å²) in [7, 11) is 0. The average Bonchev–Trinajstić information content (AvgIpc) is 3.12. The van der Waals surface area contributed by atoms with Crippen molar-refractivity contribution in [3.05, 3.63) is 83.2 Å². The summed E-state index contributed by atoms with van der Waals surface area (Å²) >= 11 is 0. The van der Waals surface area contributed by atoms with E-state index in [0.717, 1.165) is 0 Å². The summed E-state index contributed by atoms with van der Waals surface area (Å²) in [6.45, 7) is 3.78. The zero-order valence-corrected chi connectivity index (χ0v) is 15.6. The lowest BCUT2D eigenvalue weighted by Crippen LogP contribution is -2.29. The third-order valence-corrected chi connectivity index (χ3v) is 4.36. The van der Waals surface area contributed by atoms with Gasteiger partial charge in [-0.05, 0) is 47.9 Å². The number of aliphatic hydroxyl groups excluding tert-OH is 1. The quantitative estimate of drug-likeness (QED) is 0.679. The van der Waals surface area contributed by atoms with Gasteiger partial charge in [-0.1, -0.05) is 26.0 Å². The van der Waals surface area contributed by atoms with E-state index in [9.17, 15) is 18.7 Å². The molecule has 5 nitrogen and oxygen atoms in total. The Morgan fingerprint density at radius 2 is 1.86 bits per heavy atom. The van der Waals surface area contributed by atoms with Crippen molar-refractivity contribution in [2.24, 2.45) is 0 Å². The second kappa shape index (κ2) is 8.31. The molecule has 1 atom stereocenters. The van der Waals surface area contributed by atoms with E-state index >= 15 is 0 Å². The molecular weight excluding hydrogens is 364 g/mol. The SMILES string of the molecule is CC(C)c1c(C(=O)NCC(O)c2cccc(F)c2)cnn1-c1ccc(F)cc1. The van der Waals surface area contributed by atoms with Crippen molar-refractivity contribution in [3.8, 4) is 5.69 Å². The van der Waals surface area contributed by atoms with E-state index in [1.54, 1.807) is 22.9 Å². The number of aromatic nitrogens is 2. The topological polar surface area (TPSA) is 67.2 Å². The molecule has 0 spiro atoms. The van der Waals surface area contributed by atoms with Crippen LogP contribution in [-0.2, 0) is 0 Å². The Bertz CT molecular complexity index is 968. The first-order valence-corrected chi connectivity index (χ1v) is 8.92. The highest BCUT2D eigenvalue weighted by Gasteiger charge is 2.21. The molecule has 0 saturated carbocycles. The molecular formula is C21H21F2N3O2. The number of nitrogens with one attached hydrogen (secondary N) is 1. The second-order valence-electron chi connectivity index (χ2n) is 6.77. The lowest BCUT2D eigenvalue weighted by molar-refractivity contribution is 0.0915. The monoisotopic (exact) mass is 385 g/mol. The Kier molecular flexibility index (Phi) is 5.84. The fraction of sp³-hybridized carbons (Fsp3) is 0.238. The van der Waals surface area contributed by atoms with Gasteiger partial charge in [0.05, 0.1) is 29.2 Å². The van der Waals surface area contributed by atoms with Crippen molar-refractivity contribution in [1.29, 1.82) is 0 Å². The number of rotatable bonds is 6. The second-order valence-corrected chi connectivity index (χ2v) is 6.77. The minimum absolute atomic E-state index is 0.0264. The van der Waals surface area contributed by atoms with Gasteiger partial charge in [0, 0.05) is 6.54 Å². The fourth-order valence-electron chi connectivity index (χ4n) is 2.99. The van der Waals surface area contributed by atoms with Gasteiger partial charge >= 0.3 is 0 Å². The van der Waals surface area contributed by atoms with Gasteiger partial charge in [-0.2, -0.15) is 5.10 Å². The molecule has 0 radical (unpaired) electrons. The minimum atomic E-state index is -1.03. The van der Waals surface area contributed by atoms with Gasteiger partial charge in [-0.3, -0.25) is 4.79 Å². The zero-order chi connectivity index (χ0) is 20.3. The molecule has 2 aromatic carbocycles. The van der Waals surface area contributed by atoms with Gasteiger partial charge in [0.2, 0.25) is 0 Å². The van der Waals surface area contributed by atoms with Gasteiger partial charge in [-0.15, -0.1) is 0 Å². The molecule has 0 aliphatic carbocycles. The largest absolute Gasteiger partial charge is 0.387 e. The summed E-state index contributed by atoms with van der Waals surface area (Å²) in [5, 5.41) is 17.1. The molecule has 2 N–H and O–H groups in total. The molecule has 1 heterocycles. The molecule has 0 aliphatic rings. The van der Waals surface area contributed by atoms with Crippen LogP contribution in [0.15, 0.2) is 54.7 Å². The van der Waals surface area contributed by atoms with E-state index in [-0.39, 0.29) is 18.3 Å². The molecule has 0 aliphatic heterocycles. The first kappa shape index (κ1) is 19.7. The standard InChI is InChI=1S/C21H21F2N3O2/c1-13(2)20-18(11-25-26(20)17-8-6-15(22)7-9-17)21(28)24-12-19(27)14-4-3-5-16(23)10-14/h3-11,13,19,27H,12H2,1-2H3,(H,24,28). The van der Waals surface area contributed by atoms with Crippen LogP contribution >= 0.6 is 0 Å². The molecule has 0 bridgehead atoms. The van der Waals surface area contributed by atoms with Gasteiger partial charge in [0.15, 0.2) is 0 Å². The third-order valence-electron chi connectivity index (χ3n) is 4.36. The molecule has 1 unspecified atom stereocenters. The molecule has 1 aromatic heterocycles. The Morgan fingerprint density at radius 1 is 1.14 bits per heavy atom. The molecule has 3 aromatic rings. The van der Waals surface area contributed by atoms with Crippen molar-refractivity contribution in [2.45, 2.75) is 25.9 Å². The Hall–Kier alpha value is -3.06. The number of carbonyl (C=O) groups excluding carboxylic acids is 1. The van der Waals surface area contributed by atoms with E-state index in [1.807, 2.05) is 13.8 Å². The predicted octanol–water partition coefficient (Wildman–Crippen LogP) is 3.74. The summed E-state index contributed by atoms with van der Waals surface area (Å²) in [6, 6.07) is 11.4. The van der Waals surface area contributed by atoms with E-state index < -0.39 is 17.8 Å². The van der Waals surface area contributed by atoms with Crippen molar-refractivity contribution < 1.29 is 18.7 Å². The fourth-order valence-corrected chi connectivity index (χ4v) is 2.99. The molecule has 146 valence electrons. The maximum atomic E-state index is 13.3. The molecule has 1 amide bonds. The minimum Gasteiger partial charge on any atom is -0.387 e. The molecule has 7 heteroatoms. The number of benzene rings is 2. The lowest BCUT2D eigenvalue weighted by atomic mass is 10.0. The van der Waals surface area contributed by atoms with Gasteiger partial charge < -0.3 is 10.4 Å². The number of aliphatic hydroxyl groups is 1. The van der Waals surface area contributed by atoms with Crippen LogP contribution < -0.4 is 5.32 Å². The Balaban J connectivity index is 1.79. The number of nitrogens with zero attached hydrogens (tertiary/aromatic N) is 2. The smallest absolute Gasteiger partial charge is 0.254 e. The molecule has 3 rings (SSSR count). The highest BCUT2D eigenvalue weighted by atomic mass is 19.1. The van der Waals surface area contributed by atoms with Crippen LogP contribution in [0.25, 0.3) is 5.69 Å². The maximum Gasteiger partial charge on any atom is 0.254 e. The number of hydrogen-bond acceptors (Lipinski definition) is 3. The highest BCUT2D eigenvalue weighted by Crippen LogP contribution is 2.23. The number of amides is 1. The van der Waals surface area contributed by atoms with E-state index in [0.29, 0.717) is 22.5 Å². The van der Waals surface area contributed by atoms with Gasteiger partial charge in [0.25, 0.3) is 5.91 Å². The summed E-state index contributed by atoms with van der Waals surface area (Å²) < 4.78 is 28.1. The van der Waals surface area contributed by atoms with Crippen molar-refractivity contribution in [3.63, 3.8) is 0 Å². The summed E-state index contributed by atoms with van der Waals surface area (Å²) in [4.78, 5) is 12.7. The van der Waals surface area contributed by atoms with Crippen molar-refractivity contribution in [2.75, 3.05) is 6.54 Å². The van der Waals surface area contributed by atoms with Crippen LogP contribution in [0, 0.1) is 11.6 Å². The average molecular weight is 385 g/mol. The van der Waals surface area contributed by atoms with Crippen molar-refractivity contribution in [1.82, 2.24) is 15.1 Å². The third kappa shape index (κ3) is 4.26. The van der Waals surface area contributed by atoms with Crippen LogP contribution in [0.3, 0.4) is 0 Å². The molecule has 28 heavy (non-hydrogen) atoms. The van der Waals surface area contributed by atoms with Crippen LogP contribution in [-0.4, -0.2) is 27.3 Å². The zero-order valence-electron chi connectivity index (χ0n) is 15.6. The lowest BCUT2D eigenvalue weighted by Gasteiger charge is -2.15. The van der Waals surface area contributed by atoms with Gasteiger partial charge in [-0.25, -0.2) is 13.5 Å². The number of carbonyl (C=O) groups is 1. The first-order chi connectivity index (χ1) is 13.4. The molecule has 0 saturated heterocycles. The Labute approximate surface area is 161 Å². The highest BCUT2D eigenvalue weighted by molar-refractivity contribution is 5.95. The first-order valence-electron chi connectivity index (χ1n) is 8.92. The van der Waals surface area contributed by atoms with E-state index in [1.165, 1.54) is 36.5 Å². The van der Waals surface area contributed by atoms with Crippen LogP contribution in [0.4, 0.5) is 8.78 Å². The van der Waals surface area contributed by atoms with E-state index in [4.69, 9.17) is 0 Å². The van der Waals surface area contributed by atoms with Gasteiger partial charge in [0.1, 0.15) is 11.6 Å². The van der Waals surface area contributed by atoms with E-state index in [2.05, 4.69) is 10.4 Å². The van der Waals surface area contributed by atoms with Crippen LogP contribution in [0.1, 0.15) is 47.5 Å². The van der Waals surface area contributed by atoms with Crippen molar-refractivity contribution >= 4 is 5.91 Å². The summed E-state index contributed by atoms with van der Waals surface area (Å²) in [6.07, 6.45) is 0.414. The predicted molar refractivity (Wildman–Crippen MR) is 101 cm³/mol. The van der Waals surface area contributed by atoms with Crippen LogP contribution in [0.5, 0.6) is 0 Å². The molecule has 0 fully saturated rings. The summed E-state index contributed by atoms with van der Waals surface area (Å²) in [5.74, 6) is -1.23. The maximum absolute atomic E-state index is 13.3. The normalized spacial score (nSPS) is 12.2.